The minimum Gasteiger partial charge on any atom is -0.370 e. The Bertz CT molecular complexity index is 351. The molecule has 0 spiro atoms. The number of benzene rings is 1. The third-order valence-electron chi connectivity index (χ3n) is 2.84. The molecule has 1 fully saturated rings. The summed E-state index contributed by atoms with van der Waals surface area (Å²) in [6, 6.07) is 6.14. The van der Waals surface area contributed by atoms with Gasteiger partial charge in [-0.3, -0.25) is 0 Å². The molecule has 1 aliphatic heterocycles. The number of nitrogens with zero attached hydrogens (tertiary/aromatic N) is 1. The maximum Gasteiger partial charge on any atom is 0.0459 e. The summed E-state index contributed by atoms with van der Waals surface area (Å²) in [6.07, 6.45) is 0.860. The van der Waals surface area contributed by atoms with Gasteiger partial charge in [0.15, 0.2) is 0 Å². The third kappa shape index (κ3) is 2.65. The van der Waals surface area contributed by atoms with Crippen molar-refractivity contribution in [2.45, 2.75) is 6.42 Å². The van der Waals surface area contributed by atoms with E-state index < -0.39 is 0 Å². The normalized spacial score (nSPS) is 16.5. The molecule has 2 N–H and O–H groups in total. The summed E-state index contributed by atoms with van der Waals surface area (Å²) in [4.78, 5) is 2.42. The molecule has 0 atom stereocenters. The first-order chi connectivity index (χ1) is 7.83. The molecule has 1 aliphatic rings. The van der Waals surface area contributed by atoms with Crippen LogP contribution in [0, 0.1) is 0 Å². The predicted octanol–water partition coefficient (Wildman–Crippen LogP) is 2.39. The zero-order valence-corrected chi connectivity index (χ0v) is 10.9. The second kappa shape index (κ2) is 5.80. The number of thioether (sulfide) groups is 1. The Morgan fingerprint density at radius 1 is 1.31 bits per heavy atom. The van der Waals surface area contributed by atoms with Crippen molar-refractivity contribution in [3.63, 3.8) is 0 Å². The van der Waals surface area contributed by atoms with Crippen LogP contribution in [0.15, 0.2) is 18.2 Å². The lowest BCUT2D eigenvalue weighted by molar-refractivity contribution is 0.842. The van der Waals surface area contributed by atoms with E-state index in [1.807, 2.05) is 23.9 Å². The Kier molecular flexibility index (Phi) is 4.38. The molecule has 2 nitrogen and oxygen atoms in total. The molecule has 0 unspecified atom stereocenters. The molecule has 4 heteroatoms. The highest BCUT2D eigenvalue weighted by Crippen LogP contribution is 2.29. The highest BCUT2D eigenvalue weighted by atomic mass is 35.5. The van der Waals surface area contributed by atoms with Gasteiger partial charge in [0, 0.05) is 35.3 Å². The zero-order chi connectivity index (χ0) is 11.4. The highest BCUT2D eigenvalue weighted by Gasteiger charge is 2.15. The smallest absolute Gasteiger partial charge is 0.0459 e. The molecule has 16 heavy (non-hydrogen) atoms. The lowest BCUT2D eigenvalue weighted by atomic mass is 10.1. The van der Waals surface area contributed by atoms with Gasteiger partial charge in [-0.05, 0) is 30.7 Å². The fourth-order valence-corrected chi connectivity index (χ4v) is 3.21. The number of anilines is 1. The van der Waals surface area contributed by atoms with E-state index in [9.17, 15) is 0 Å². The number of hydrogen-bond donors (Lipinski definition) is 1. The van der Waals surface area contributed by atoms with Gasteiger partial charge in [0.1, 0.15) is 0 Å². The van der Waals surface area contributed by atoms with E-state index >= 15 is 0 Å². The average Bonchev–Trinajstić information content (AvgIpc) is 2.33. The molecule has 88 valence electrons. The Morgan fingerprint density at radius 3 is 2.75 bits per heavy atom. The first-order valence-corrected chi connectivity index (χ1v) is 7.16. The van der Waals surface area contributed by atoms with E-state index in [0.29, 0.717) is 6.54 Å². The molecule has 2 rings (SSSR count). The fourth-order valence-electron chi connectivity index (χ4n) is 2.04. The quantitative estimate of drug-likeness (QED) is 0.901. The molecule has 1 aromatic rings. The first-order valence-electron chi connectivity index (χ1n) is 5.63. The molecule has 0 amide bonds. The Hall–Kier alpha value is -0.380. The van der Waals surface area contributed by atoms with Crippen molar-refractivity contribution < 1.29 is 0 Å². The summed E-state index contributed by atoms with van der Waals surface area (Å²) in [5.41, 5.74) is 8.13. The van der Waals surface area contributed by atoms with Gasteiger partial charge < -0.3 is 10.6 Å². The maximum absolute atomic E-state index is 6.24. The Labute approximate surface area is 106 Å². The number of hydrogen-bond acceptors (Lipinski definition) is 3. The predicted molar refractivity (Wildman–Crippen MR) is 73.7 cm³/mol. The maximum atomic E-state index is 6.24. The molecular weight excluding hydrogens is 240 g/mol. The zero-order valence-electron chi connectivity index (χ0n) is 9.29. The molecule has 1 heterocycles. The summed E-state index contributed by atoms with van der Waals surface area (Å²) in [7, 11) is 0. The molecule has 0 bridgehead atoms. The van der Waals surface area contributed by atoms with Gasteiger partial charge in [0.2, 0.25) is 0 Å². The second-order valence-electron chi connectivity index (χ2n) is 3.88. The van der Waals surface area contributed by atoms with Crippen LogP contribution in [-0.2, 0) is 6.42 Å². The monoisotopic (exact) mass is 256 g/mol. The van der Waals surface area contributed by atoms with E-state index in [2.05, 4.69) is 11.0 Å². The van der Waals surface area contributed by atoms with Crippen molar-refractivity contribution >= 4 is 29.1 Å². The van der Waals surface area contributed by atoms with E-state index in [0.717, 1.165) is 24.5 Å². The Balaban J connectivity index is 2.27. The van der Waals surface area contributed by atoms with Crippen molar-refractivity contribution in [2.75, 3.05) is 36.0 Å². The minimum atomic E-state index is 0.652. The number of nitrogens with two attached hydrogens (primary N) is 1. The van der Waals surface area contributed by atoms with E-state index in [4.69, 9.17) is 17.3 Å². The van der Waals surface area contributed by atoms with Crippen LogP contribution in [0.1, 0.15) is 5.56 Å². The van der Waals surface area contributed by atoms with Crippen molar-refractivity contribution in [3.05, 3.63) is 28.8 Å². The molecule has 1 saturated heterocycles. The van der Waals surface area contributed by atoms with E-state index in [1.54, 1.807) is 0 Å². The summed E-state index contributed by atoms with van der Waals surface area (Å²) < 4.78 is 0. The summed E-state index contributed by atoms with van der Waals surface area (Å²) in [5, 5.41) is 0.848. The van der Waals surface area contributed by atoms with Crippen molar-refractivity contribution in [3.8, 4) is 0 Å². The summed E-state index contributed by atoms with van der Waals surface area (Å²) >= 11 is 8.26. The van der Waals surface area contributed by atoms with Gasteiger partial charge in [-0.15, -0.1) is 0 Å². The average molecular weight is 257 g/mol. The van der Waals surface area contributed by atoms with Crippen LogP contribution in [0.25, 0.3) is 0 Å². The van der Waals surface area contributed by atoms with Gasteiger partial charge >= 0.3 is 0 Å². The molecule has 1 aromatic carbocycles. The molecular formula is C12H17ClN2S. The standard InChI is InChI=1S/C12H17ClN2S/c13-11-2-1-3-12(10(11)4-5-14)15-6-8-16-9-7-15/h1-3H,4-9,14H2. The van der Waals surface area contributed by atoms with Crippen molar-refractivity contribution in [1.82, 2.24) is 0 Å². The van der Waals surface area contributed by atoms with Crippen LogP contribution in [0.4, 0.5) is 5.69 Å². The lowest BCUT2D eigenvalue weighted by Crippen LogP contribution is -2.33. The van der Waals surface area contributed by atoms with Crippen LogP contribution in [-0.4, -0.2) is 31.1 Å². The molecule has 0 saturated carbocycles. The van der Waals surface area contributed by atoms with Crippen LogP contribution < -0.4 is 10.6 Å². The lowest BCUT2D eigenvalue weighted by Gasteiger charge is -2.30. The van der Waals surface area contributed by atoms with Crippen LogP contribution in [0.5, 0.6) is 0 Å². The second-order valence-corrected chi connectivity index (χ2v) is 5.51. The van der Waals surface area contributed by atoms with Crippen LogP contribution >= 0.6 is 23.4 Å². The van der Waals surface area contributed by atoms with Gasteiger partial charge in [-0.25, -0.2) is 0 Å². The third-order valence-corrected chi connectivity index (χ3v) is 4.14. The van der Waals surface area contributed by atoms with Crippen molar-refractivity contribution in [2.24, 2.45) is 5.73 Å². The highest BCUT2D eigenvalue weighted by molar-refractivity contribution is 7.99. The molecule has 0 aliphatic carbocycles. The fraction of sp³-hybridized carbons (Fsp3) is 0.500. The van der Waals surface area contributed by atoms with Crippen molar-refractivity contribution in [1.29, 1.82) is 0 Å². The Morgan fingerprint density at radius 2 is 2.06 bits per heavy atom. The van der Waals surface area contributed by atoms with Crippen LogP contribution in [0.2, 0.25) is 5.02 Å². The summed E-state index contributed by atoms with van der Waals surface area (Å²) in [5.74, 6) is 2.41. The molecule has 0 aromatic heterocycles. The van der Waals surface area contributed by atoms with Gasteiger partial charge in [-0.1, -0.05) is 17.7 Å². The number of halogens is 1. The first kappa shape index (κ1) is 12.1. The van der Waals surface area contributed by atoms with E-state index in [-0.39, 0.29) is 0 Å². The SMILES string of the molecule is NCCc1c(Cl)cccc1N1CCSCC1. The number of rotatable bonds is 3. The van der Waals surface area contributed by atoms with Gasteiger partial charge in [0.05, 0.1) is 0 Å². The largest absolute Gasteiger partial charge is 0.370 e. The van der Waals surface area contributed by atoms with Crippen LogP contribution in [0.3, 0.4) is 0 Å². The minimum absolute atomic E-state index is 0.652. The van der Waals surface area contributed by atoms with Gasteiger partial charge in [-0.2, -0.15) is 11.8 Å². The molecule has 0 radical (unpaired) electrons. The van der Waals surface area contributed by atoms with E-state index in [1.165, 1.54) is 22.8 Å². The summed E-state index contributed by atoms with van der Waals surface area (Å²) in [6.45, 7) is 2.88. The topological polar surface area (TPSA) is 29.3 Å². The van der Waals surface area contributed by atoms with Gasteiger partial charge in [0.25, 0.3) is 0 Å².